The van der Waals surface area contributed by atoms with Crippen molar-refractivity contribution in [2.24, 2.45) is 7.05 Å². The third-order valence-electron chi connectivity index (χ3n) is 2.71. The zero-order valence-electron chi connectivity index (χ0n) is 9.05. The summed E-state index contributed by atoms with van der Waals surface area (Å²) in [4.78, 5) is 0. The average Bonchev–Trinajstić information content (AvgIpc) is 2.89. The highest BCUT2D eigenvalue weighted by molar-refractivity contribution is 5.20. The molecule has 1 N–H and O–H groups in total. The summed E-state index contributed by atoms with van der Waals surface area (Å²) in [5.74, 6) is 1.26. The normalized spacial score (nSPS) is 15.3. The van der Waals surface area contributed by atoms with Gasteiger partial charge in [0.25, 0.3) is 0 Å². The highest BCUT2D eigenvalue weighted by Gasteiger charge is 2.29. The van der Waals surface area contributed by atoms with Gasteiger partial charge in [-0.25, -0.2) is 0 Å². The number of aromatic nitrogens is 4. The van der Waals surface area contributed by atoms with E-state index in [1.54, 1.807) is 6.20 Å². The lowest BCUT2D eigenvalue weighted by Crippen LogP contribution is -2.05. The van der Waals surface area contributed by atoms with E-state index in [1.165, 1.54) is 12.8 Å². The molecule has 1 fully saturated rings. The van der Waals surface area contributed by atoms with Gasteiger partial charge in [0.1, 0.15) is 0 Å². The minimum absolute atomic E-state index is 0.489. The third kappa shape index (κ3) is 1.78. The molecule has 84 valence electrons. The van der Waals surface area contributed by atoms with Crippen molar-refractivity contribution in [2.45, 2.75) is 25.3 Å². The molecule has 1 saturated carbocycles. The molecule has 0 aromatic carbocycles. The number of nitrogens with zero attached hydrogens (tertiary/aromatic N) is 4. The zero-order valence-corrected chi connectivity index (χ0v) is 9.05. The van der Waals surface area contributed by atoms with Crippen molar-refractivity contribution in [3.8, 4) is 0 Å². The number of hydrogen-bond donors (Lipinski definition) is 1. The van der Waals surface area contributed by atoms with E-state index in [0.29, 0.717) is 18.5 Å². The van der Waals surface area contributed by atoms with Gasteiger partial charge < -0.3 is 9.73 Å². The molecule has 6 nitrogen and oxygen atoms in total. The first kappa shape index (κ1) is 9.38. The Hall–Kier alpha value is -1.85. The SMILES string of the molecule is Cn1nccc1CNc1nnc(C2CC2)o1. The predicted molar refractivity (Wildman–Crippen MR) is 56.8 cm³/mol. The fourth-order valence-electron chi connectivity index (χ4n) is 1.54. The van der Waals surface area contributed by atoms with E-state index in [1.807, 2.05) is 17.8 Å². The molecule has 2 aromatic rings. The van der Waals surface area contributed by atoms with E-state index < -0.39 is 0 Å². The van der Waals surface area contributed by atoms with Crippen LogP contribution in [0.4, 0.5) is 6.01 Å². The van der Waals surface area contributed by atoms with Gasteiger partial charge in [-0.05, 0) is 18.9 Å². The van der Waals surface area contributed by atoms with Gasteiger partial charge in [0.2, 0.25) is 5.89 Å². The van der Waals surface area contributed by atoms with Crippen LogP contribution in [0.1, 0.15) is 30.3 Å². The van der Waals surface area contributed by atoms with E-state index in [2.05, 4.69) is 20.6 Å². The Morgan fingerprint density at radius 2 is 2.38 bits per heavy atom. The van der Waals surface area contributed by atoms with Gasteiger partial charge in [0.05, 0.1) is 12.2 Å². The van der Waals surface area contributed by atoms with Crippen LogP contribution in [0.2, 0.25) is 0 Å². The van der Waals surface area contributed by atoms with Crippen molar-refractivity contribution < 1.29 is 4.42 Å². The van der Waals surface area contributed by atoms with Crippen molar-refractivity contribution >= 4 is 6.01 Å². The maximum atomic E-state index is 5.48. The molecule has 3 rings (SSSR count). The first-order valence-corrected chi connectivity index (χ1v) is 5.37. The van der Waals surface area contributed by atoms with Gasteiger partial charge in [-0.1, -0.05) is 5.10 Å². The second-order valence-electron chi connectivity index (χ2n) is 4.02. The van der Waals surface area contributed by atoms with Gasteiger partial charge in [-0.2, -0.15) is 5.10 Å². The Bertz CT molecular complexity index is 485. The highest BCUT2D eigenvalue weighted by atomic mass is 16.4. The smallest absolute Gasteiger partial charge is 0.315 e. The quantitative estimate of drug-likeness (QED) is 0.839. The second kappa shape index (κ2) is 3.62. The average molecular weight is 219 g/mol. The fraction of sp³-hybridized carbons (Fsp3) is 0.500. The molecule has 1 aliphatic rings. The number of nitrogens with one attached hydrogen (secondary N) is 1. The van der Waals surface area contributed by atoms with Crippen LogP contribution in [0, 0.1) is 0 Å². The Morgan fingerprint density at radius 1 is 1.50 bits per heavy atom. The lowest BCUT2D eigenvalue weighted by atomic mass is 10.4. The van der Waals surface area contributed by atoms with Gasteiger partial charge in [-0.15, -0.1) is 5.10 Å². The first-order valence-electron chi connectivity index (χ1n) is 5.37. The van der Waals surface area contributed by atoms with Crippen LogP contribution in [-0.4, -0.2) is 20.0 Å². The Kier molecular flexibility index (Phi) is 2.12. The van der Waals surface area contributed by atoms with Gasteiger partial charge in [-0.3, -0.25) is 4.68 Å². The molecular formula is C10H13N5O. The molecule has 16 heavy (non-hydrogen) atoms. The topological polar surface area (TPSA) is 68.8 Å². The Morgan fingerprint density at radius 3 is 3.06 bits per heavy atom. The monoisotopic (exact) mass is 219 g/mol. The molecule has 2 heterocycles. The molecule has 0 radical (unpaired) electrons. The highest BCUT2D eigenvalue weighted by Crippen LogP contribution is 2.39. The number of hydrogen-bond acceptors (Lipinski definition) is 5. The van der Waals surface area contributed by atoms with Crippen LogP contribution < -0.4 is 5.32 Å². The summed E-state index contributed by atoms with van der Waals surface area (Å²) < 4.78 is 7.29. The first-order chi connectivity index (χ1) is 7.83. The summed E-state index contributed by atoms with van der Waals surface area (Å²) in [7, 11) is 1.90. The van der Waals surface area contributed by atoms with Crippen molar-refractivity contribution in [3.63, 3.8) is 0 Å². The summed E-state index contributed by atoms with van der Waals surface area (Å²) >= 11 is 0. The van der Waals surface area contributed by atoms with Crippen molar-refractivity contribution in [3.05, 3.63) is 23.8 Å². The molecule has 0 bridgehead atoms. The third-order valence-corrected chi connectivity index (χ3v) is 2.71. The molecular weight excluding hydrogens is 206 g/mol. The largest absolute Gasteiger partial charge is 0.408 e. The molecule has 0 aliphatic heterocycles. The number of aryl methyl sites for hydroxylation is 1. The van der Waals surface area contributed by atoms with Crippen LogP contribution in [0.15, 0.2) is 16.7 Å². The predicted octanol–water partition coefficient (Wildman–Crippen LogP) is 1.29. The van der Waals surface area contributed by atoms with Gasteiger partial charge in [0.15, 0.2) is 0 Å². The van der Waals surface area contributed by atoms with Crippen molar-refractivity contribution in [1.82, 2.24) is 20.0 Å². The summed E-state index contributed by atoms with van der Waals surface area (Å²) in [5, 5.41) is 15.1. The maximum Gasteiger partial charge on any atom is 0.315 e. The van der Waals surface area contributed by atoms with Crippen molar-refractivity contribution in [1.29, 1.82) is 0 Å². The molecule has 1 aliphatic carbocycles. The zero-order chi connectivity index (χ0) is 11.0. The van der Waals surface area contributed by atoms with E-state index in [-0.39, 0.29) is 0 Å². The second-order valence-corrected chi connectivity index (χ2v) is 4.02. The summed E-state index contributed by atoms with van der Waals surface area (Å²) in [6, 6.07) is 2.44. The van der Waals surface area contributed by atoms with Gasteiger partial charge in [0, 0.05) is 19.2 Å². The van der Waals surface area contributed by atoms with E-state index in [4.69, 9.17) is 4.42 Å². The lowest BCUT2D eigenvalue weighted by Gasteiger charge is -2.01. The molecule has 0 atom stereocenters. The van der Waals surface area contributed by atoms with Crippen molar-refractivity contribution in [2.75, 3.05) is 5.32 Å². The Balaban J connectivity index is 1.63. The standard InChI is InChI=1S/C10H13N5O/c1-15-8(4-5-12-15)6-11-10-14-13-9(16-10)7-2-3-7/h4-5,7H,2-3,6H2,1H3,(H,11,14). The Labute approximate surface area is 92.7 Å². The minimum atomic E-state index is 0.489. The number of rotatable bonds is 4. The molecule has 6 heteroatoms. The summed E-state index contributed by atoms with van der Waals surface area (Å²) in [6.07, 6.45) is 4.10. The molecule has 0 unspecified atom stereocenters. The van der Waals surface area contributed by atoms with E-state index in [9.17, 15) is 0 Å². The maximum absolute atomic E-state index is 5.48. The fourth-order valence-corrected chi connectivity index (χ4v) is 1.54. The minimum Gasteiger partial charge on any atom is -0.408 e. The van der Waals surface area contributed by atoms with Crippen LogP contribution in [0.5, 0.6) is 0 Å². The van der Waals surface area contributed by atoms with Gasteiger partial charge >= 0.3 is 6.01 Å². The molecule has 0 amide bonds. The van der Waals surface area contributed by atoms with E-state index in [0.717, 1.165) is 11.6 Å². The van der Waals surface area contributed by atoms with Crippen LogP contribution >= 0.6 is 0 Å². The molecule has 0 spiro atoms. The molecule has 0 saturated heterocycles. The number of anilines is 1. The van der Waals surface area contributed by atoms with Crippen LogP contribution in [0.25, 0.3) is 0 Å². The lowest BCUT2D eigenvalue weighted by molar-refractivity contribution is 0.506. The molecule has 2 aromatic heterocycles. The summed E-state index contributed by atoms with van der Waals surface area (Å²) in [6.45, 7) is 0.642. The van der Waals surface area contributed by atoms with Crippen LogP contribution in [0.3, 0.4) is 0 Å². The van der Waals surface area contributed by atoms with E-state index >= 15 is 0 Å². The summed E-state index contributed by atoms with van der Waals surface area (Å²) in [5.41, 5.74) is 1.08. The van der Waals surface area contributed by atoms with Crippen LogP contribution in [-0.2, 0) is 13.6 Å².